The molecule has 4 nitrogen and oxygen atoms in total. The van der Waals surface area contributed by atoms with Crippen molar-refractivity contribution in [3.05, 3.63) is 69.8 Å². The predicted octanol–water partition coefficient (Wildman–Crippen LogP) is 3.86. The number of benzene rings is 1. The fraction of sp³-hybridized carbons (Fsp3) is 0.263. The van der Waals surface area contributed by atoms with Crippen LogP contribution in [0.25, 0.3) is 0 Å². The smallest absolute Gasteiger partial charge is 0.255 e. The van der Waals surface area contributed by atoms with Gasteiger partial charge in [0.25, 0.3) is 5.91 Å². The molecule has 3 N–H and O–H groups in total. The summed E-state index contributed by atoms with van der Waals surface area (Å²) in [6.07, 6.45) is 3.78. The highest BCUT2D eigenvalue weighted by atomic mass is 32.2. The van der Waals surface area contributed by atoms with E-state index in [1.807, 2.05) is 57.2 Å². The highest BCUT2D eigenvalue weighted by molar-refractivity contribution is 8.19. The lowest BCUT2D eigenvalue weighted by Crippen LogP contribution is -2.11. The number of carbonyl (C=O) groups is 1. The second-order valence-corrected chi connectivity index (χ2v) is 6.52. The number of allylic oxidation sites excluding steroid dienone is 2. The van der Waals surface area contributed by atoms with Crippen molar-refractivity contribution < 1.29 is 9.90 Å². The zero-order chi connectivity index (χ0) is 17.7. The van der Waals surface area contributed by atoms with Crippen LogP contribution < -0.4 is 5.73 Å². The van der Waals surface area contributed by atoms with Crippen molar-refractivity contribution in [3.63, 3.8) is 0 Å². The molecular formula is C19H22N2O2S. The number of aliphatic imine (C=N–C) groups is 1. The van der Waals surface area contributed by atoms with Crippen molar-refractivity contribution in [3.8, 4) is 0 Å². The number of aliphatic hydroxyl groups excluding tert-OH is 1. The van der Waals surface area contributed by atoms with Gasteiger partial charge in [-0.15, -0.1) is 0 Å². The maximum atomic E-state index is 11.7. The van der Waals surface area contributed by atoms with Gasteiger partial charge in [-0.25, -0.2) is 4.99 Å². The highest BCUT2D eigenvalue weighted by Crippen LogP contribution is 2.41. The number of amides is 1. The molecule has 0 radical (unpaired) electrons. The van der Waals surface area contributed by atoms with E-state index in [-0.39, 0.29) is 0 Å². The van der Waals surface area contributed by atoms with Crippen LogP contribution in [0.2, 0.25) is 0 Å². The highest BCUT2D eigenvalue weighted by Gasteiger charge is 2.30. The summed E-state index contributed by atoms with van der Waals surface area (Å²) in [5.74, 6) is -0.471. The van der Waals surface area contributed by atoms with Gasteiger partial charge in [0.05, 0.1) is 4.91 Å². The van der Waals surface area contributed by atoms with Crippen LogP contribution in [0.4, 0.5) is 0 Å². The molecule has 1 aliphatic heterocycles. The Labute approximate surface area is 146 Å². The molecule has 0 aliphatic carbocycles. The maximum Gasteiger partial charge on any atom is 0.255 e. The van der Waals surface area contributed by atoms with Gasteiger partial charge >= 0.3 is 0 Å². The summed E-state index contributed by atoms with van der Waals surface area (Å²) in [5.41, 5.74) is 8.60. The molecule has 24 heavy (non-hydrogen) atoms. The Bertz CT molecular complexity index is 746. The number of carbonyl (C=O) groups excluding carboxylic acids is 1. The average molecular weight is 342 g/mol. The Morgan fingerprint density at radius 2 is 2.04 bits per heavy atom. The summed E-state index contributed by atoms with van der Waals surface area (Å²) < 4.78 is 0. The molecule has 1 unspecified atom stereocenters. The zero-order valence-electron chi connectivity index (χ0n) is 14.1. The molecule has 0 saturated heterocycles. The molecule has 0 bridgehead atoms. The fourth-order valence-electron chi connectivity index (χ4n) is 2.54. The summed E-state index contributed by atoms with van der Waals surface area (Å²) in [4.78, 5) is 16.6. The summed E-state index contributed by atoms with van der Waals surface area (Å²) >= 11 is 1.26. The van der Waals surface area contributed by atoms with E-state index in [0.717, 1.165) is 28.7 Å². The lowest BCUT2D eigenvalue weighted by Gasteiger charge is -2.15. The molecule has 0 fully saturated rings. The largest absolute Gasteiger partial charge is 0.384 e. The standard InChI is InChI=1S/C19H22N2O2S/c1-4-5-11-21-19-15(13(3)17(24-19)18(20)23)12(2)16(22)14-9-7-6-8-10-14/h5-11,16,22H,4H2,1-3H3,(H2,20,23)/b11-5+,15-12+,21-19-. The number of hydrogen-bond donors (Lipinski definition) is 2. The first-order valence-corrected chi connectivity index (χ1v) is 8.64. The van der Waals surface area contributed by atoms with Gasteiger partial charge in [0.2, 0.25) is 0 Å². The Balaban J connectivity index is 2.52. The predicted molar refractivity (Wildman–Crippen MR) is 100 cm³/mol. The Morgan fingerprint density at radius 3 is 2.62 bits per heavy atom. The summed E-state index contributed by atoms with van der Waals surface area (Å²) in [5, 5.41) is 11.4. The van der Waals surface area contributed by atoms with Gasteiger partial charge < -0.3 is 10.8 Å². The molecular weight excluding hydrogens is 320 g/mol. The van der Waals surface area contributed by atoms with Crippen LogP contribution in [0.1, 0.15) is 38.9 Å². The van der Waals surface area contributed by atoms with Gasteiger partial charge in [0, 0.05) is 11.8 Å². The molecule has 0 spiro atoms. The van der Waals surface area contributed by atoms with Crippen LogP contribution in [0.5, 0.6) is 0 Å². The molecule has 1 aromatic carbocycles. The number of thioether (sulfide) groups is 1. The third-order valence-corrected chi connectivity index (χ3v) is 5.02. The Hall–Kier alpha value is -2.11. The second kappa shape index (κ2) is 8.13. The van der Waals surface area contributed by atoms with Crippen molar-refractivity contribution in [2.24, 2.45) is 10.7 Å². The molecule has 1 aromatic rings. The average Bonchev–Trinajstić information content (AvgIpc) is 2.91. The third kappa shape index (κ3) is 3.86. The monoisotopic (exact) mass is 342 g/mol. The van der Waals surface area contributed by atoms with Crippen LogP contribution in [-0.4, -0.2) is 16.1 Å². The minimum Gasteiger partial charge on any atom is -0.384 e. The van der Waals surface area contributed by atoms with E-state index in [0.29, 0.717) is 9.95 Å². The first-order chi connectivity index (χ1) is 11.5. The van der Waals surface area contributed by atoms with Gasteiger partial charge in [-0.2, -0.15) is 0 Å². The van der Waals surface area contributed by atoms with E-state index in [2.05, 4.69) is 4.99 Å². The van der Waals surface area contributed by atoms with Crippen LogP contribution in [0.15, 0.2) is 69.2 Å². The summed E-state index contributed by atoms with van der Waals surface area (Å²) in [6, 6.07) is 9.42. The quantitative estimate of drug-likeness (QED) is 0.853. The number of primary amides is 1. The van der Waals surface area contributed by atoms with Crippen LogP contribution >= 0.6 is 11.8 Å². The van der Waals surface area contributed by atoms with Gasteiger partial charge in [-0.1, -0.05) is 55.1 Å². The van der Waals surface area contributed by atoms with Crippen LogP contribution in [-0.2, 0) is 4.79 Å². The maximum absolute atomic E-state index is 11.7. The summed E-state index contributed by atoms with van der Waals surface area (Å²) in [7, 11) is 0. The topological polar surface area (TPSA) is 75.7 Å². The van der Waals surface area contributed by atoms with Crippen molar-refractivity contribution in [1.29, 1.82) is 0 Å². The first kappa shape index (κ1) is 18.2. The van der Waals surface area contributed by atoms with Gasteiger partial charge in [-0.05, 0) is 37.0 Å². The minimum absolute atomic E-state index is 0.471. The molecule has 1 atom stereocenters. The molecule has 2 rings (SSSR count). The van der Waals surface area contributed by atoms with Gasteiger partial charge in [-0.3, -0.25) is 4.79 Å². The van der Waals surface area contributed by atoms with E-state index >= 15 is 0 Å². The number of nitrogens with zero attached hydrogens (tertiary/aromatic N) is 1. The number of hydrogen-bond acceptors (Lipinski definition) is 4. The molecule has 1 amide bonds. The van der Waals surface area contributed by atoms with Crippen molar-refractivity contribution in [1.82, 2.24) is 0 Å². The van der Waals surface area contributed by atoms with Gasteiger partial charge in [0.1, 0.15) is 11.1 Å². The molecule has 1 aliphatic rings. The number of aliphatic hydroxyl groups is 1. The molecule has 5 heteroatoms. The van der Waals surface area contributed by atoms with E-state index < -0.39 is 12.0 Å². The van der Waals surface area contributed by atoms with Crippen molar-refractivity contribution in [2.45, 2.75) is 33.3 Å². The lowest BCUT2D eigenvalue weighted by molar-refractivity contribution is -0.113. The molecule has 0 aromatic heterocycles. The van der Waals surface area contributed by atoms with E-state index in [4.69, 9.17) is 5.73 Å². The SMILES string of the molecule is CC/C=C/N=C1\SC(C(N)=O)=C(C)\C1=C(\C)C(O)c1ccccc1. The van der Waals surface area contributed by atoms with Crippen molar-refractivity contribution in [2.75, 3.05) is 0 Å². The van der Waals surface area contributed by atoms with E-state index in [9.17, 15) is 9.90 Å². The Kier molecular flexibility index (Phi) is 6.17. The molecule has 126 valence electrons. The van der Waals surface area contributed by atoms with Gasteiger partial charge in [0.15, 0.2) is 0 Å². The molecule has 1 heterocycles. The zero-order valence-corrected chi connectivity index (χ0v) is 14.9. The minimum atomic E-state index is -0.760. The fourth-order valence-corrected chi connectivity index (χ4v) is 3.62. The number of nitrogens with two attached hydrogens (primary N) is 1. The lowest BCUT2D eigenvalue weighted by atomic mass is 9.94. The normalized spacial score (nSPS) is 20.1. The molecule has 0 saturated carbocycles. The second-order valence-electron chi connectivity index (χ2n) is 5.52. The summed E-state index contributed by atoms with van der Waals surface area (Å²) in [6.45, 7) is 5.73. The first-order valence-electron chi connectivity index (χ1n) is 7.83. The van der Waals surface area contributed by atoms with Crippen LogP contribution in [0.3, 0.4) is 0 Å². The Morgan fingerprint density at radius 1 is 1.38 bits per heavy atom. The van der Waals surface area contributed by atoms with Crippen LogP contribution in [0, 0.1) is 0 Å². The van der Waals surface area contributed by atoms with E-state index in [1.54, 1.807) is 6.20 Å². The van der Waals surface area contributed by atoms with E-state index in [1.165, 1.54) is 11.8 Å². The van der Waals surface area contributed by atoms with Crippen molar-refractivity contribution >= 4 is 22.7 Å². The third-order valence-electron chi connectivity index (χ3n) is 3.80. The number of rotatable bonds is 5.